The van der Waals surface area contributed by atoms with Crippen LogP contribution < -0.4 is 11.5 Å². The van der Waals surface area contributed by atoms with Gasteiger partial charge < -0.3 is 21.7 Å². The quantitative estimate of drug-likeness (QED) is 0.358. The van der Waals surface area contributed by atoms with Crippen molar-refractivity contribution in [2.75, 3.05) is 13.2 Å². The van der Waals surface area contributed by atoms with Gasteiger partial charge in [0.15, 0.2) is 0 Å². The number of carbonyl (C=O) groups excluding carboxylic acids is 1. The van der Waals surface area contributed by atoms with Crippen molar-refractivity contribution in [1.29, 1.82) is 0 Å². The third-order valence-corrected chi connectivity index (χ3v) is 0. The van der Waals surface area contributed by atoms with Crippen molar-refractivity contribution in [1.82, 2.24) is 0 Å². The normalized spacial score (nSPS) is 6.00. The Balaban J connectivity index is -0.0000000750. The summed E-state index contributed by atoms with van der Waals surface area (Å²) < 4.78 is 0. The van der Waals surface area contributed by atoms with Gasteiger partial charge in [-0.05, 0) is 13.8 Å². The largest absolute Gasteiger partial charge is 0.397 e. The van der Waals surface area contributed by atoms with Gasteiger partial charge in [-0.15, -0.1) is 0 Å². The van der Waals surface area contributed by atoms with E-state index in [1.165, 1.54) is 0 Å². The van der Waals surface area contributed by atoms with E-state index in [0.29, 0.717) is 0 Å². The SMILES string of the molecule is CCO.CCO.NC(N)=O. The summed E-state index contributed by atoms with van der Waals surface area (Å²) in [4.78, 5) is 9.00. The highest BCUT2D eigenvalue weighted by Crippen LogP contribution is 1.30. The van der Waals surface area contributed by atoms with Crippen LogP contribution in [0.5, 0.6) is 0 Å². The molecule has 6 N–H and O–H groups in total. The number of amides is 2. The number of carbonyl (C=O) groups is 1. The Labute approximate surface area is 60.6 Å². The summed E-state index contributed by atoms with van der Waals surface area (Å²) in [7, 11) is 0. The maximum absolute atomic E-state index is 9.00. The van der Waals surface area contributed by atoms with Crippen molar-refractivity contribution in [3.05, 3.63) is 0 Å². The van der Waals surface area contributed by atoms with Crippen molar-refractivity contribution in [2.24, 2.45) is 11.5 Å². The molecule has 0 spiro atoms. The van der Waals surface area contributed by atoms with E-state index in [1.807, 2.05) is 0 Å². The topological polar surface area (TPSA) is 110 Å². The Kier molecular flexibility index (Phi) is 38.8. The molecule has 0 aromatic heterocycles. The maximum Gasteiger partial charge on any atom is 0.309 e. The van der Waals surface area contributed by atoms with Crippen LogP contribution in [0.25, 0.3) is 0 Å². The Morgan fingerprint density at radius 3 is 1.20 bits per heavy atom. The van der Waals surface area contributed by atoms with Crippen LogP contribution in [-0.4, -0.2) is 29.5 Å². The second-order valence-electron chi connectivity index (χ2n) is 1.03. The van der Waals surface area contributed by atoms with E-state index in [9.17, 15) is 0 Å². The standard InChI is InChI=1S/2C2H6O.CH4N2O/c2*1-2-3;2-1(3)4/h2*3H,2H2,1H3;(H4,2,3,4). The van der Waals surface area contributed by atoms with Gasteiger partial charge in [-0.3, -0.25) is 0 Å². The van der Waals surface area contributed by atoms with Crippen LogP contribution in [-0.2, 0) is 0 Å². The molecular weight excluding hydrogens is 136 g/mol. The molecule has 0 aliphatic rings. The number of rotatable bonds is 0. The number of primary amides is 2. The first-order valence-corrected chi connectivity index (χ1v) is 2.83. The summed E-state index contributed by atoms with van der Waals surface area (Å²) in [6.45, 7) is 3.86. The Morgan fingerprint density at radius 1 is 1.20 bits per heavy atom. The molecule has 2 amide bonds. The lowest BCUT2D eigenvalue weighted by molar-refractivity contribution is 0.256. The fourth-order valence-corrected chi connectivity index (χ4v) is 0. The molecule has 0 aliphatic heterocycles. The first kappa shape index (κ1) is 16.1. The molecule has 10 heavy (non-hydrogen) atoms. The summed E-state index contributed by atoms with van der Waals surface area (Å²) in [5.41, 5.74) is 8.50. The van der Waals surface area contributed by atoms with Gasteiger partial charge in [-0.25, -0.2) is 4.79 Å². The predicted octanol–water partition coefficient (Wildman–Crippen LogP) is -0.979. The fraction of sp³-hybridized carbons (Fsp3) is 0.800. The lowest BCUT2D eigenvalue weighted by Gasteiger charge is -1.62. The zero-order valence-corrected chi connectivity index (χ0v) is 6.37. The number of aliphatic hydroxyl groups excluding tert-OH is 2. The third-order valence-electron chi connectivity index (χ3n) is 0. The minimum atomic E-state index is -0.833. The van der Waals surface area contributed by atoms with Crippen molar-refractivity contribution in [2.45, 2.75) is 13.8 Å². The van der Waals surface area contributed by atoms with E-state index in [1.54, 1.807) is 13.8 Å². The first-order valence-electron chi connectivity index (χ1n) is 2.83. The van der Waals surface area contributed by atoms with Crippen LogP contribution in [0.2, 0.25) is 0 Å². The number of aliphatic hydroxyl groups is 2. The highest BCUT2D eigenvalue weighted by Gasteiger charge is 1.60. The van der Waals surface area contributed by atoms with Crippen LogP contribution in [0.3, 0.4) is 0 Å². The van der Waals surface area contributed by atoms with Gasteiger partial charge in [0.2, 0.25) is 0 Å². The third kappa shape index (κ3) is 420. The van der Waals surface area contributed by atoms with Crippen LogP contribution in [0.1, 0.15) is 13.8 Å². The number of hydrogen-bond acceptors (Lipinski definition) is 3. The Morgan fingerprint density at radius 2 is 1.20 bits per heavy atom. The summed E-state index contributed by atoms with van der Waals surface area (Å²) in [5.74, 6) is 0. The van der Waals surface area contributed by atoms with Crippen LogP contribution in [0.4, 0.5) is 4.79 Å². The maximum atomic E-state index is 9.00. The lowest BCUT2D eigenvalue weighted by atomic mass is 10.9. The Hall–Kier alpha value is -0.810. The van der Waals surface area contributed by atoms with Gasteiger partial charge in [0, 0.05) is 13.2 Å². The lowest BCUT2D eigenvalue weighted by Crippen LogP contribution is -2.18. The monoisotopic (exact) mass is 152 g/mol. The molecular formula is C5H16N2O3. The van der Waals surface area contributed by atoms with E-state index < -0.39 is 6.03 Å². The van der Waals surface area contributed by atoms with E-state index in [0.717, 1.165) is 0 Å². The van der Waals surface area contributed by atoms with Gasteiger partial charge in [0.1, 0.15) is 0 Å². The highest BCUT2D eigenvalue weighted by molar-refractivity contribution is 5.69. The van der Waals surface area contributed by atoms with Crippen molar-refractivity contribution >= 4 is 6.03 Å². The number of nitrogens with two attached hydrogens (primary N) is 2. The minimum absolute atomic E-state index is 0.250. The van der Waals surface area contributed by atoms with Gasteiger partial charge >= 0.3 is 6.03 Å². The van der Waals surface area contributed by atoms with E-state index >= 15 is 0 Å². The molecule has 0 fully saturated rings. The van der Waals surface area contributed by atoms with Crippen LogP contribution >= 0.6 is 0 Å². The summed E-state index contributed by atoms with van der Waals surface area (Å²) in [6, 6.07) is -0.833. The molecule has 0 aliphatic carbocycles. The van der Waals surface area contributed by atoms with Gasteiger partial charge in [-0.2, -0.15) is 0 Å². The van der Waals surface area contributed by atoms with E-state index in [2.05, 4.69) is 11.5 Å². The highest BCUT2D eigenvalue weighted by atomic mass is 16.3. The molecule has 0 unspecified atom stereocenters. The number of hydrogen-bond donors (Lipinski definition) is 4. The van der Waals surface area contributed by atoms with Crippen molar-refractivity contribution < 1.29 is 15.0 Å². The molecule has 0 bridgehead atoms. The Bertz CT molecular complexity index is 52.9. The molecule has 5 nitrogen and oxygen atoms in total. The molecule has 64 valence electrons. The second kappa shape index (κ2) is 24.1. The molecule has 0 radical (unpaired) electrons. The van der Waals surface area contributed by atoms with Crippen molar-refractivity contribution in [3.8, 4) is 0 Å². The average molecular weight is 152 g/mol. The van der Waals surface area contributed by atoms with Crippen molar-refractivity contribution in [3.63, 3.8) is 0 Å². The molecule has 0 atom stereocenters. The predicted molar refractivity (Wildman–Crippen MR) is 39.3 cm³/mol. The summed E-state index contributed by atoms with van der Waals surface area (Å²) >= 11 is 0. The van der Waals surface area contributed by atoms with Gasteiger partial charge in [0.25, 0.3) is 0 Å². The fourth-order valence-electron chi connectivity index (χ4n) is 0. The zero-order chi connectivity index (χ0) is 8.99. The molecule has 0 saturated heterocycles. The minimum Gasteiger partial charge on any atom is -0.397 e. The summed E-state index contributed by atoms with van der Waals surface area (Å²) in [5, 5.41) is 15.1. The molecule has 0 saturated carbocycles. The summed E-state index contributed by atoms with van der Waals surface area (Å²) in [6.07, 6.45) is 0. The number of urea groups is 1. The van der Waals surface area contributed by atoms with Gasteiger partial charge in [-0.1, -0.05) is 0 Å². The van der Waals surface area contributed by atoms with E-state index in [4.69, 9.17) is 15.0 Å². The zero-order valence-electron chi connectivity index (χ0n) is 6.37. The molecule has 0 aromatic rings. The second-order valence-corrected chi connectivity index (χ2v) is 1.03. The van der Waals surface area contributed by atoms with Crippen LogP contribution in [0.15, 0.2) is 0 Å². The molecule has 0 aromatic carbocycles. The van der Waals surface area contributed by atoms with Gasteiger partial charge in [0.05, 0.1) is 0 Å². The first-order chi connectivity index (χ1) is 4.56. The molecule has 0 heterocycles. The smallest absolute Gasteiger partial charge is 0.309 e. The van der Waals surface area contributed by atoms with E-state index in [-0.39, 0.29) is 13.2 Å². The van der Waals surface area contributed by atoms with Crippen LogP contribution in [0, 0.1) is 0 Å². The average Bonchev–Trinajstić information content (AvgIpc) is 1.65. The molecule has 5 heteroatoms. The molecule has 0 rings (SSSR count).